The van der Waals surface area contributed by atoms with Gasteiger partial charge in [-0.15, -0.1) is 0 Å². The average molecular weight is 838 g/mol. The molecule has 1 fully saturated rings. The fourth-order valence-electron chi connectivity index (χ4n) is 9.51. The van der Waals surface area contributed by atoms with E-state index in [-0.39, 0.29) is 60.5 Å². The highest BCUT2D eigenvalue weighted by molar-refractivity contribution is 7.85. The maximum Gasteiger partial charge on any atom is 0.294 e. The molecule has 1 unspecified atom stereocenters. The van der Waals surface area contributed by atoms with Crippen LogP contribution in [0.15, 0.2) is 94.6 Å². The lowest BCUT2D eigenvalue weighted by molar-refractivity contribution is -0.438. The lowest BCUT2D eigenvalue weighted by Gasteiger charge is -2.35. The first-order valence-electron chi connectivity index (χ1n) is 21.5. The number of carbonyl (C=O) groups excluding carboxylic acids is 4. The number of Topliss-reactive ketones (excluding diaryl/α,β-unsaturated/α-hetero) is 2. The molecule has 0 spiro atoms. The van der Waals surface area contributed by atoms with E-state index in [1.807, 2.05) is 39.0 Å². The van der Waals surface area contributed by atoms with E-state index in [2.05, 4.69) is 84.2 Å². The van der Waals surface area contributed by atoms with Crippen LogP contribution in [-0.2, 0) is 40.1 Å². The van der Waals surface area contributed by atoms with Gasteiger partial charge in [0.25, 0.3) is 10.1 Å². The zero-order valence-electron chi connectivity index (χ0n) is 36.2. The summed E-state index contributed by atoms with van der Waals surface area (Å²) in [5, 5.41) is 5.91. The van der Waals surface area contributed by atoms with Crippen molar-refractivity contribution in [2.24, 2.45) is 11.3 Å². The summed E-state index contributed by atoms with van der Waals surface area (Å²) in [5.41, 5.74) is 5.10. The quantitative estimate of drug-likeness (QED) is 0.0944. The Morgan fingerprint density at radius 3 is 2.25 bits per heavy atom. The van der Waals surface area contributed by atoms with Crippen LogP contribution in [0.1, 0.15) is 111 Å². The molecule has 0 radical (unpaired) electrons. The molecule has 0 aromatic heterocycles. The van der Waals surface area contributed by atoms with Crippen LogP contribution in [-0.4, -0.2) is 72.8 Å². The molecule has 1 saturated carbocycles. The van der Waals surface area contributed by atoms with Crippen LogP contribution < -0.4 is 15.5 Å². The third-order valence-electron chi connectivity index (χ3n) is 12.8. The number of nitrogens with zero attached hydrogens (tertiary/aromatic N) is 2. The van der Waals surface area contributed by atoms with Crippen molar-refractivity contribution in [3.63, 3.8) is 0 Å². The Labute approximate surface area is 355 Å². The van der Waals surface area contributed by atoms with Crippen molar-refractivity contribution >= 4 is 50.6 Å². The van der Waals surface area contributed by atoms with Crippen LogP contribution >= 0.6 is 0 Å². The lowest BCUT2D eigenvalue weighted by atomic mass is 9.70. The highest BCUT2D eigenvalue weighted by Crippen LogP contribution is 2.49. The second-order valence-corrected chi connectivity index (χ2v) is 19.1. The molecule has 4 aliphatic rings. The molecule has 2 aromatic carbocycles. The maximum absolute atomic E-state index is 14.6. The van der Waals surface area contributed by atoms with Crippen LogP contribution in [0, 0.1) is 11.3 Å². The molecule has 2 aliphatic carbocycles. The third-order valence-corrected chi connectivity index (χ3v) is 13.6. The van der Waals surface area contributed by atoms with Gasteiger partial charge in [-0.05, 0) is 87.4 Å². The molecule has 1 atom stereocenters. The van der Waals surface area contributed by atoms with E-state index in [0.29, 0.717) is 13.1 Å². The van der Waals surface area contributed by atoms with E-state index in [4.69, 9.17) is 0 Å². The highest BCUT2D eigenvalue weighted by atomic mass is 32.2. The van der Waals surface area contributed by atoms with Crippen molar-refractivity contribution in [1.82, 2.24) is 10.6 Å². The molecule has 0 saturated heterocycles. The monoisotopic (exact) mass is 837 g/mol. The summed E-state index contributed by atoms with van der Waals surface area (Å²) in [5.74, 6) is -1.82. The van der Waals surface area contributed by atoms with Crippen LogP contribution in [0.2, 0.25) is 0 Å². The standard InChI is InChI=1S/C48H60N4O7S/c1-8-11-27-52-38-15-13-12-14-36(38)46(4,5)42(52)22-16-32-28-33(17-23-43-47(6,7)37-29-34(60(57,58)59)18-19-39(37)51(43)26-9-2)31-48(30-32,44(55)49-10-3)45(56)50-25-24-35-40(53)20-21-41(35)54/h12-19,22-23,28-29,35H,8-11,20-21,24-27,30-31H2,1-7H3,(H2-,49,50,55,56,57,58,59)/p+1. The van der Waals surface area contributed by atoms with Gasteiger partial charge in [-0.3, -0.25) is 23.7 Å². The molecule has 12 heteroatoms. The SMILES string of the molecule is CCCC[N+]1=C(/C=C/C2=CC(=C/C=C3/N(CCC)c4ccc(S(=O)(=O)O)cc4C3(C)C)/CC(C(=O)NCC)(C(=O)NCCC3C(=O)CCC3=O)C2)C(C)(C)c2ccccc21. The van der Waals surface area contributed by atoms with Crippen molar-refractivity contribution < 1.29 is 36.7 Å². The molecule has 2 aliphatic heterocycles. The number of hydrogen-bond donors (Lipinski definition) is 3. The fourth-order valence-corrected chi connectivity index (χ4v) is 10.0. The van der Waals surface area contributed by atoms with E-state index in [1.165, 1.54) is 23.4 Å². The Kier molecular flexibility index (Phi) is 13.1. The molecular formula is C48H61N4O7S+. The predicted octanol–water partition coefficient (Wildman–Crippen LogP) is 7.58. The number of unbranched alkanes of at least 4 members (excludes halogenated alkanes) is 1. The second-order valence-electron chi connectivity index (χ2n) is 17.6. The van der Waals surface area contributed by atoms with Crippen LogP contribution in [0.5, 0.6) is 0 Å². The molecule has 2 aromatic rings. The van der Waals surface area contributed by atoms with Gasteiger partial charge in [-0.25, -0.2) is 0 Å². The zero-order valence-corrected chi connectivity index (χ0v) is 37.0. The molecule has 6 rings (SSSR count). The van der Waals surface area contributed by atoms with Gasteiger partial charge in [0.2, 0.25) is 17.5 Å². The number of rotatable bonds is 15. The van der Waals surface area contributed by atoms with E-state index in [0.717, 1.165) is 59.6 Å². The van der Waals surface area contributed by atoms with Crippen molar-refractivity contribution in [2.75, 3.05) is 31.1 Å². The Morgan fingerprint density at radius 2 is 1.58 bits per heavy atom. The average Bonchev–Trinajstić information content (AvgIpc) is 3.72. The summed E-state index contributed by atoms with van der Waals surface area (Å²) in [4.78, 5) is 55.8. The first kappa shape index (κ1) is 44.6. The zero-order chi connectivity index (χ0) is 43.6. The molecular weight excluding hydrogens is 777 g/mol. The molecule has 60 heavy (non-hydrogen) atoms. The number of anilines is 1. The number of benzene rings is 2. The summed E-state index contributed by atoms with van der Waals surface area (Å²) in [6, 6.07) is 13.1. The first-order valence-corrected chi connectivity index (χ1v) is 22.9. The van der Waals surface area contributed by atoms with Crippen LogP contribution in [0.4, 0.5) is 11.4 Å². The Balaban J connectivity index is 1.45. The van der Waals surface area contributed by atoms with Gasteiger partial charge in [0.15, 0.2) is 5.71 Å². The van der Waals surface area contributed by atoms with Crippen molar-refractivity contribution in [1.29, 1.82) is 0 Å². The van der Waals surface area contributed by atoms with Gasteiger partial charge in [-0.2, -0.15) is 13.0 Å². The summed E-state index contributed by atoms with van der Waals surface area (Å²) in [6.45, 7) is 16.4. The number of ketones is 2. The fraction of sp³-hybridized carbons (Fsp3) is 0.479. The molecule has 3 N–H and O–H groups in total. The number of para-hydroxylation sites is 1. The normalized spacial score (nSPS) is 22.5. The maximum atomic E-state index is 14.6. The van der Waals surface area contributed by atoms with Crippen molar-refractivity contribution in [3.05, 3.63) is 101 Å². The van der Waals surface area contributed by atoms with Crippen LogP contribution in [0.3, 0.4) is 0 Å². The van der Waals surface area contributed by atoms with Gasteiger partial charge < -0.3 is 15.5 Å². The number of amides is 2. The van der Waals surface area contributed by atoms with Crippen LogP contribution in [0.25, 0.3) is 0 Å². The molecule has 2 heterocycles. The lowest BCUT2D eigenvalue weighted by Crippen LogP contribution is -2.53. The van der Waals surface area contributed by atoms with Gasteiger partial charge >= 0.3 is 0 Å². The molecule has 2 amide bonds. The molecule has 320 valence electrons. The molecule has 0 bridgehead atoms. The third kappa shape index (κ3) is 8.50. The topological polar surface area (TPSA) is 153 Å². The van der Waals surface area contributed by atoms with E-state index in [9.17, 15) is 32.1 Å². The smallest absolute Gasteiger partial charge is 0.294 e. The minimum absolute atomic E-state index is 0.0842. The summed E-state index contributed by atoms with van der Waals surface area (Å²) in [7, 11) is -4.43. The largest absolute Gasteiger partial charge is 0.355 e. The van der Waals surface area contributed by atoms with Crippen molar-refractivity contribution in [2.45, 2.75) is 116 Å². The number of allylic oxidation sites excluding steroid dienone is 8. The Bertz CT molecular complexity index is 2330. The van der Waals surface area contributed by atoms with Gasteiger partial charge in [-0.1, -0.05) is 70.5 Å². The van der Waals surface area contributed by atoms with Gasteiger partial charge in [0.05, 0.1) is 16.2 Å². The summed E-state index contributed by atoms with van der Waals surface area (Å²) < 4.78 is 36.6. The first-order chi connectivity index (χ1) is 28.4. The van der Waals surface area contributed by atoms with Gasteiger partial charge in [0, 0.05) is 73.4 Å². The second kappa shape index (κ2) is 17.6. The number of hydrogen-bond acceptors (Lipinski definition) is 7. The van der Waals surface area contributed by atoms with Crippen molar-refractivity contribution in [3.8, 4) is 0 Å². The van der Waals surface area contributed by atoms with E-state index in [1.54, 1.807) is 6.07 Å². The summed E-state index contributed by atoms with van der Waals surface area (Å²) in [6.07, 6.45) is 13.9. The Morgan fingerprint density at radius 1 is 0.883 bits per heavy atom. The minimum Gasteiger partial charge on any atom is -0.355 e. The summed E-state index contributed by atoms with van der Waals surface area (Å²) >= 11 is 0. The number of nitrogens with one attached hydrogen (secondary N) is 2. The predicted molar refractivity (Wildman–Crippen MR) is 235 cm³/mol. The van der Waals surface area contributed by atoms with E-state index < -0.39 is 38.7 Å². The number of fused-ring (bicyclic) bond motifs is 2. The van der Waals surface area contributed by atoms with E-state index >= 15 is 0 Å². The number of carbonyl (C=O) groups is 4. The minimum atomic E-state index is -4.43. The molecule has 11 nitrogen and oxygen atoms in total. The Hall–Kier alpha value is -4.94. The van der Waals surface area contributed by atoms with Gasteiger partial charge in [0.1, 0.15) is 23.5 Å². The highest BCUT2D eigenvalue weighted by Gasteiger charge is 2.49.